The predicted molar refractivity (Wildman–Crippen MR) is 102 cm³/mol. The summed E-state index contributed by atoms with van der Waals surface area (Å²) in [5, 5.41) is 69.4. The van der Waals surface area contributed by atoms with Crippen LogP contribution < -0.4 is 0 Å². The van der Waals surface area contributed by atoms with E-state index in [1.807, 2.05) is 30.3 Å². The first-order valence-electron chi connectivity index (χ1n) is 10.1. The molecule has 0 saturated carbocycles. The lowest BCUT2D eigenvalue weighted by atomic mass is 9.98. The Morgan fingerprint density at radius 1 is 0.677 bits per heavy atom. The van der Waals surface area contributed by atoms with E-state index in [2.05, 4.69) is 0 Å². The number of aliphatic hydroxyl groups is 7. The number of aliphatic hydroxyl groups excluding tert-OH is 7. The Morgan fingerprint density at radius 2 is 1.23 bits per heavy atom. The molecule has 176 valence electrons. The van der Waals surface area contributed by atoms with Crippen LogP contribution in [0.1, 0.15) is 5.56 Å². The van der Waals surface area contributed by atoms with Crippen LogP contribution in [0.2, 0.25) is 0 Å². The van der Waals surface area contributed by atoms with Crippen molar-refractivity contribution in [2.24, 2.45) is 0 Å². The van der Waals surface area contributed by atoms with E-state index in [1.54, 1.807) is 0 Å². The van der Waals surface area contributed by atoms with Crippen molar-refractivity contribution in [3.8, 4) is 0 Å². The molecule has 11 nitrogen and oxygen atoms in total. The zero-order chi connectivity index (χ0) is 22.5. The fourth-order valence-electron chi connectivity index (χ4n) is 3.52. The molecule has 0 aliphatic carbocycles. The van der Waals surface area contributed by atoms with E-state index in [0.29, 0.717) is 6.42 Å². The third-order valence-electron chi connectivity index (χ3n) is 5.46. The molecule has 11 heteroatoms. The van der Waals surface area contributed by atoms with Crippen LogP contribution in [0.4, 0.5) is 0 Å². The standard InChI is InChI=1S/C20H30O11/c21-8-11-13(22)15(24)18(27)20(30-11)29-9-12-14(23)16(25)17(26)19(31-12)28-7-6-10-4-2-1-3-5-10/h1-5,11-27H,6-9H2/t11-,12-,13-,14-,15+,16+,17-,18-,19+,20-/m1/s1. The third-order valence-corrected chi connectivity index (χ3v) is 5.46. The SMILES string of the molecule is OC[C@H]1O[C@@H](OC[C@H]2O[C@H](OCCc3ccccc3)[C@H](O)[C@@H](O)[C@@H]2O)[C@H](O)[C@@H](O)[C@@H]1O. The van der Waals surface area contributed by atoms with Crippen LogP contribution in [0.15, 0.2) is 30.3 Å². The van der Waals surface area contributed by atoms with Gasteiger partial charge in [-0.25, -0.2) is 0 Å². The minimum absolute atomic E-state index is 0.189. The summed E-state index contributed by atoms with van der Waals surface area (Å²) in [7, 11) is 0. The first-order valence-corrected chi connectivity index (χ1v) is 10.1. The Labute approximate surface area is 179 Å². The van der Waals surface area contributed by atoms with Gasteiger partial charge < -0.3 is 54.7 Å². The molecule has 0 spiro atoms. The first kappa shape index (κ1) is 24.4. The van der Waals surface area contributed by atoms with Crippen molar-refractivity contribution >= 4 is 0 Å². The Morgan fingerprint density at radius 3 is 1.84 bits per heavy atom. The maximum Gasteiger partial charge on any atom is 0.186 e. The minimum Gasteiger partial charge on any atom is -0.394 e. The molecule has 2 saturated heterocycles. The average Bonchev–Trinajstić information content (AvgIpc) is 2.78. The van der Waals surface area contributed by atoms with Crippen LogP contribution in [-0.2, 0) is 25.4 Å². The number of ether oxygens (including phenoxy) is 4. The van der Waals surface area contributed by atoms with Gasteiger partial charge in [0.2, 0.25) is 0 Å². The highest BCUT2D eigenvalue weighted by atomic mass is 16.7. The molecule has 2 aliphatic heterocycles. The van der Waals surface area contributed by atoms with E-state index in [1.165, 1.54) is 0 Å². The molecular weight excluding hydrogens is 416 g/mol. The highest BCUT2D eigenvalue weighted by Gasteiger charge is 2.47. The quantitative estimate of drug-likeness (QED) is 0.215. The topological polar surface area (TPSA) is 179 Å². The van der Waals surface area contributed by atoms with Crippen LogP contribution in [0, 0.1) is 0 Å². The van der Waals surface area contributed by atoms with Gasteiger partial charge in [0.1, 0.15) is 48.8 Å². The molecule has 3 rings (SSSR count). The maximum atomic E-state index is 10.2. The smallest absolute Gasteiger partial charge is 0.186 e. The maximum absolute atomic E-state index is 10.2. The summed E-state index contributed by atoms with van der Waals surface area (Å²) in [4.78, 5) is 0. The second-order valence-corrected chi connectivity index (χ2v) is 7.65. The summed E-state index contributed by atoms with van der Waals surface area (Å²) >= 11 is 0. The molecule has 0 amide bonds. The van der Waals surface area contributed by atoms with Gasteiger partial charge in [-0.05, 0) is 12.0 Å². The summed E-state index contributed by atoms with van der Waals surface area (Å²) in [6.07, 6.45) is -13.8. The highest BCUT2D eigenvalue weighted by Crippen LogP contribution is 2.26. The van der Waals surface area contributed by atoms with Crippen molar-refractivity contribution in [2.45, 2.75) is 67.8 Å². The molecule has 0 aromatic heterocycles. The Kier molecular flexibility index (Phi) is 8.73. The Hall–Kier alpha value is -1.22. The lowest BCUT2D eigenvalue weighted by molar-refractivity contribution is -0.331. The minimum atomic E-state index is -1.62. The van der Waals surface area contributed by atoms with E-state index in [9.17, 15) is 35.7 Å². The number of hydrogen-bond acceptors (Lipinski definition) is 11. The number of rotatable bonds is 8. The van der Waals surface area contributed by atoms with Crippen molar-refractivity contribution in [3.63, 3.8) is 0 Å². The molecular formula is C20H30O11. The second kappa shape index (κ2) is 11.1. The first-order chi connectivity index (χ1) is 14.8. The molecule has 31 heavy (non-hydrogen) atoms. The van der Waals surface area contributed by atoms with Gasteiger partial charge in [0, 0.05) is 0 Å². The highest BCUT2D eigenvalue weighted by molar-refractivity contribution is 5.14. The number of benzene rings is 1. The van der Waals surface area contributed by atoms with Gasteiger partial charge >= 0.3 is 0 Å². The molecule has 2 aliphatic rings. The van der Waals surface area contributed by atoms with Crippen LogP contribution in [-0.4, -0.2) is 117 Å². The Balaban J connectivity index is 1.54. The van der Waals surface area contributed by atoms with Crippen molar-refractivity contribution in [1.29, 1.82) is 0 Å². The van der Waals surface area contributed by atoms with Gasteiger partial charge in [-0.2, -0.15) is 0 Å². The van der Waals surface area contributed by atoms with Crippen molar-refractivity contribution in [2.75, 3.05) is 19.8 Å². The average molecular weight is 446 g/mol. The van der Waals surface area contributed by atoms with Crippen LogP contribution in [0.3, 0.4) is 0 Å². The fraction of sp³-hybridized carbons (Fsp3) is 0.700. The zero-order valence-electron chi connectivity index (χ0n) is 16.8. The predicted octanol–water partition coefficient (Wildman–Crippen LogP) is -3.13. The van der Waals surface area contributed by atoms with Crippen molar-refractivity contribution in [1.82, 2.24) is 0 Å². The van der Waals surface area contributed by atoms with Crippen LogP contribution in [0.25, 0.3) is 0 Å². The van der Waals surface area contributed by atoms with Crippen LogP contribution >= 0.6 is 0 Å². The second-order valence-electron chi connectivity index (χ2n) is 7.65. The van der Waals surface area contributed by atoms with Crippen molar-refractivity contribution in [3.05, 3.63) is 35.9 Å². The van der Waals surface area contributed by atoms with Gasteiger partial charge in [-0.3, -0.25) is 0 Å². The molecule has 2 heterocycles. The van der Waals surface area contributed by atoms with Gasteiger partial charge in [-0.1, -0.05) is 30.3 Å². The molecule has 10 atom stereocenters. The molecule has 1 aromatic carbocycles. The molecule has 0 unspecified atom stereocenters. The normalized spacial score (nSPS) is 41.3. The van der Waals surface area contributed by atoms with Crippen molar-refractivity contribution < 1.29 is 54.7 Å². The molecule has 2 fully saturated rings. The Bertz CT molecular complexity index is 660. The van der Waals surface area contributed by atoms with E-state index >= 15 is 0 Å². The monoisotopic (exact) mass is 446 g/mol. The number of hydrogen-bond donors (Lipinski definition) is 7. The molecule has 7 N–H and O–H groups in total. The van der Waals surface area contributed by atoms with Gasteiger partial charge in [0.15, 0.2) is 12.6 Å². The van der Waals surface area contributed by atoms with Gasteiger partial charge in [0.05, 0.1) is 19.8 Å². The van der Waals surface area contributed by atoms with E-state index in [4.69, 9.17) is 18.9 Å². The lowest BCUT2D eigenvalue weighted by Crippen LogP contribution is -2.61. The summed E-state index contributed by atoms with van der Waals surface area (Å²) < 4.78 is 21.7. The van der Waals surface area contributed by atoms with E-state index in [-0.39, 0.29) is 6.61 Å². The fourth-order valence-corrected chi connectivity index (χ4v) is 3.52. The van der Waals surface area contributed by atoms with Gasteiger partial charge in [-0.15, -0.1) is 0 Å². The molecule has 0 radical (unpaired) electrons. The summed E-state index contributed by atoms with van der Waals surface area (Å²) in [6, 6.07) is 9.48. The van der Waals surface area contributed by atoms with E-state index in [0.717, 1.165) is 5.56 Å². The van der Waals surface area contributed by atoms with Gasteiger partial charge in [0.25, 0.3) is 0 Å². The largest absolute Gasteiger partial charge is 0.394 e. The molecule has 1 aromatic rings. The summed E-state index contributed by atoms with van der Waals surface area (Å²) in [5.41, 5.74) is 1.01. The summed E-state index contributed by atoms with van der Waals surface area (Å²) in [6.45, 7) is -0.823. The summed E-state index contributed by atoms with van der Waals surface area (Å²) in [5.74, 6) is 0. The zero-order valence-corrected chi connectivity index (χ0v) is 16.8. The van der Waals surface area contributed by atoms with Crippen LogP contribution in [0.5, 0.6) is 0 Å². The molecule has 0 bridgehead atoms. The lowest BCUT2D eigenvalue weighted by Gasteiger charge is -2.42. The third kappa shape index (κ3) is 5.78. The van der Waals surface area contributed by atoms with E-state index < -0.39 is 74.6 Å².